The van der Waals surface area contributed by atoms with E-state index in [1.54, 1.807) is 0 Å². The van der Waals surface area contributed by atoms with Gasteiger partial charge in [-0.25, -0.2) is 0 Å². The maximum atomic E-state index is 6.84. The first-order valence-electron chi connectivity index (χ1n) is 7.23. The van der Waals surface area contributed by atoms with Crippen molar-refractivity contribution in [2.24, 2.45) is 5.92 Å². The van der Waals surface area contributed by atoms with E-state index in [2.05, 4.69) is 34.6 Å². The lowest BCUT2D eigenvalue weighted by atomic mass is 9.83. The zero-order valence-corrected chi connectivity index (χ0v) is 13.5. The summed E-state index contributed by atoms with van der Waals surface area (Å²) in [5, 5.41) is 0.127. The quantitative estimate of drug-likeness (QED) is 0.698. The summed E-state index contributed by atoms with van der Waals surface area (Å²) in [4.78, 5) is 0. The molecule has 1 nitrogen and oxygen atoms in total. The molecule has 0 saturated carbocycles. The Morgan fingerprint density at radius 2 is 1.26 bits per heavy atom. The topological polar surface area (TPSA) is 9.23 Å². The van der Waals surface area contributed by atoms with Crippen LogP contribution in [0.4, 0.5) is 0 Å². The molecule has 1 heterocycles. The molecular weight excluding hydrogens is 256 g/mol. The highest BCUT2D eigenvalue weighted by Gasteiger charge is 2.27. The van der Waals surface area contributed by atoms with Gasteiger partial charge in [0.05, 0.1) is 5.38 Å². The average molecular weight is 281 g/mol. The Morgan fingerprint density at radius 3 is 1.74 bits per heavy atom. The molecule has 0 bridgehead atoms. The number of alkyl halides is 1. The van der Waals surface area contributed by atoms with E-state index in [1.807, 2.05) is 0 Å². The molecule has 2 heteroatoms. The standard InChI is InChI=1S/C17H25ClO/c1-10-11(2)13(4)16(14(5)12(10)3)17(18)15-6-8-19-9-7-15/h15,17H,6-9H2,1-5H3. The van der Waals surface area contributed by atoms with Crippen LogP contribution in [0.1, 0.15) is 51.6 Å². The summed E-state index contributed by atoms with van der Waals surface area (Å²) in [6.07, 6.45) is 2.16. The maximum absolute atomic E-state index is 6.84. The van der Waals surface area contributed by atoms with Crippen LogP contribution in [-0.2, 0) is 4.74 Å². The molecule has 0 amide bonds. The highest BCUT2D eigenvalue weighted by atomic mass is 35.5. The lowest BCUT2D eigenvalue weighted by Gasteiger charge is -2.30. The third-order valence-electron chi connectivity index (χ3n) is 5.01. The summed E-state index contributed by atoms with van der Waals surface area (Å²) < 4.78 is 5.45. The average Bonchev–Trinajstić information content (AvgIpc) is 2.44. The first-order valence-corrected chi connectivity index (χ1v) is 7.67. The van der Waals surface area contributed by atoms with Crippen molar-refractivity contribution in [1.29, 1.82) is 0 Å². The number of ether oxygens (including phenoxy) is 1. The predicted octanol–water partition coefficient (Wildman–Crippen LogP) is 4.94. The van der Waals surface area contributed by atoms with Gasteiger partial charge in [0, 0.05) is 13.2 Å². The van der Waals surface area contributed by atoms with Crippen molar-refractivity contribution in [3.63, 3.8) is 0 Å². The largest absolute Gasteiger partial charge is 0.381 e. The Kier molecular flexibility index (Phi) is 4.58. The fraction of sp³-hybridized carbons (Fsp3) is 0.647. The van der Waals surface area contributed by atoms with Crippen LogP contribution in [0.15, 0.2) is 0 Å². The second kappa shape index (κ2) is 5.85. The van der Waals surface area contributed by atoms with Gasteiger partial charge in [0.25, 0.3) is 0 Å². The molecule has 0 N–H and O–H groups in total. The van der Waals surface area contributed by atoms with Gasteiger partial charge in [0.1, 0.15) is 0 Å². The van der Waals surface area contributed by atoms with Gasteiger partial charge in [0.2, 0.25) is 0 Å². The van der Waals surface area contributed by atoms with Crippen LogP contribution in [0.2, 0.25) is 0 Å². The Bertz CT molecular complexity index is 444. The Hall–Kier alpha value is -0.530. The summed E-state index contributed by atoms with van der Waals surface area (Å²) in [5.41, 5.74) is 8.34. The summed E-state index contributed by atoms with van der Waals surface area (Å²) in [7, 11) is 0. The molecule has 2 rings (SSSR count). The monoisotopic (exact) mass is 280 g/mol. The molecule has 1 aliphatic heterocycles. The Balaban J connectivity index is 2.43. The zero-order chi connectivity index (χ0) is 14.2. The summed E-state index contributed by atoms with van der Waals surface area (Å²) in [6, 6.07) is 0. The SMILES string of the molecule is Cc1c(C)c(C)c(C(Cl)C2CCOCC2)c(C)c1C. The maximum Gasteiger partial charge on any atom is 0.0620 e. The molecule has 1 unspecified atom stereocenters. The first-order chi connectivity index (χ1) is 8.95. The molecular formula is C17H25ClO. The second-order valence-electron chi connectivity index (χ2n) is 5.89. The van der Waals surface area contributed by atoms with Crippen molar-refractivity contribution in [2.45, 2.75) is 52.8 Å². The van der Waals surface area contributed by atoms with E-state index in [-0.39, 0.29) is 5.38 Å². The third kappa shape index (κ3) is 2.68. The molecule has 19 heavy (non-hydrogen) atoms. The predicted molar refractivity (Wildman–Crippen MR) is 82.3 cm³/mol. The Morgan fingerprint density at radius 1 is 0.842 bits per heavy atom. The van der Waals surface area contributed by atoms with E-state index < -0.39 is 0 Å². The molecule has 1 saturated heterocycles. The lowest BCUT2D eigenvalue weighted by molar-refractivity contribution is 0.0650. The summed E-state index contributed by atoms with van der Waals surface area (Å²) >= 11 is 6.84. The van der Waals surface area contributed by atoms with Crippen LogP contribution in [-0.4, -0.2) is 13.2 Å². The molecule has 1 fully saturated rings. The van der Waals surface area contributed by atoms with Gasteiger partial charge < -0.3 is 4.74 Å². The van der Waals surface area contributed by atoms with Crippen molar-refractivity contribution in [3.8, 4) is 0 Å². The molecule has 0 aliphatic carbocycles. The number of rotatable bonds is 2. The van der Waals surface area contributed by atoms with Crippen LogP contribution < -0.4 is 0 Å². The van der Waals surface area contributed by atoms with Crippen LogP contribution in [0, 0.1) is 40.5 Å². The van der Waals surface area contributed by atoms with Crippen molar-refractivity contribution in [2.75, 3.05) is 13.2 Å². The molecule has 1 aromatic rings. The number of benzene rings is 1. The molecule has 1 aromatic carbocycles. The lowest BCUT2D eigenvalue weighted by Crippen LogP contribution is -2.21. The van der Waals surface area contributed by atoms with Crippen LogP contribution >= 0.6 is 11.6 Å². The fourth-order valence-electron chi connectivity index (χ4n) is 3.19. The van der Waals surface area contributed by atoms with Crippen LogP contribution in [0.25, 0.3) is 0 Å². The number of halogens is 1. The normalized spacial score (nSPS) is 18.6. The van der Waals surface area contributed by atoms with Crippen molar-refractivity contribution in [1.82, 2.24) is 0 Å². The van der Waals surface area contributed by atoms with Gasteiger partial charge in [-0.3, -0.25) is 0 Å². The molecule has 0 radical (unpaired) electrons. The highest BCUT2D eigenvalue weighted by Crippen LogP contribution is 2.41. The summed E-state index contributed by atoms with van der Waals surface area (Å²) in [5.74, 6) is 0.550. The molecule has 1 aliphatic rings. The van der Waals surface area contributed by atoms with Crippen molar-refractivity contribution < 1.29 is 4.74 Å². The first kappa shape index (κ1) is 14.9. The third-order valence-corrected chi connectivity index (χ3v) is 5.59. The molecule has 1 atom stereocenters. The van der Waals surface area contributed by atoms with Crippen LogP contribution in [0.5, 0.6) is 0 Å². The van der Waals surface area contributed by atoms with Crippen LogP contribution in [0.3, 0.4) is 0 Å². The van der Waals surface area contributed by atoms with Gasteiger partial charge >= 0.3 is 0 Å². The highest BCUT2D eigenvalue weighted by molar-refractivity contribution is 6.21. The van der Waals surface area contributed by atoms with Gasteiger partial charge in [-0.2, -0.15) is 0 Å². The minimum absolute atomic E-state index is 0.127. The number of hydrogen-bond donors (Lipinski definition) is 0. The van der Waals surface area contributed by atoms with Gasteiger partial charge in [-0.15, -0.1) is 11.6 Å². The van der Waals surface area contributed by atoms with Gasteiger partial charge in [-0.05, 0) is 86.8 Å². The van der Waals surface area contributed by atoms with E-state index in [4.69, 9.17) is 16.3 Å². The minimum atomic E-state index is 0.127. The van der Waals surface area contributed by atoms with E-state index >= 15 is 0 Å². The van der Waals surface area contributed by atoms with Crippen molar-refractivity contribution in [3.05, 3.63) is 33.4 Å². The molecule has 0 aromatic heterocycles. The minimum Gasteiger partial charge on any atom is -0.381 e. The number of hydrogen-bond acceptors (Lipinski definition) is 1. The molecule has 106 valence electrons. The molecule has 0 spiro atoms. The van der Waals surface area contributed by atoms with Crippen molar-refractivity contribution >= 4 is 11.6 Å². The zero-order valence-electron chi connectivity index (χ0n) is 12.8. The smallest absolute Gasteiger partial charge is 0.0620 e. The van der Waals surface area contributed by atoms with E-state index in [1.165, 1.54) is 33.4 Å². The van der Waals surface area contributed by atoms with Gasteiger partial charge in [-0.1, -0.05) is 0 Å². The van der Waals surface area contributed by atoms with E-state index in [0.717, 1.165) is 26.1 Å². The summed E-state index contributed by atoms with van der Waals surface area (Å²) in [6.45, 7) is 12.8. The fourth-order valence-corrected chi connectivity index (χ4v) is 3.77. The van der Waals surface area contributed by atoms with E-state index in [0.29, 0.717) is 5.92 Å². The van der Waals surface area contributed by atoms with Gasteiger partial charge in [0.15, 0.2) is 0 Å². The second-order valence-corrected chi connectivity index (χ2v) is 6.36. The Labute approximate surface area is 122 Å². The van der Waals surface area contributed by atoms with E-state index in [9.17, 15) is 0 Å².